The molecule has 1 aliphatic heterocycles. The molecule has 2 N–H and O–H groups in total. The number of aromatic nitrogens is 4. The lowest BCUT2D eigenvalue weighted by molar-refractivity contribution is 0.102. The van der Waals surface area contributed by atoms with E-state index >= 15 is 0 Å². The molecule has 4 rings (SSSR count). The number of likely N-dealkylation sites (tertiary alicyclic amines) is 1. The number of hydrogen-bond donors (Lipinski definition) is 2. The Bertz CT molecular complexity index is 986. The summed E-state index contributed by atoms with van der Waals surface area (Å²) in [7, 11) is 0. The Hall–Kier alpha value is -3.26. The average molecular weight is 364 g/mol. The summed E-state index contributed by atoms with van der Waals surface area (Å²) in [5, 5.41) is 12.3. The van der Waals surface area contributed by atoms with Gasteiger partial charge in [0.1, 0.15) is 0 Å². The molecule has 1 amide bonds. The molecule has 0 unspecified atom stereocenters. The Morgan fingerprint density at radius 1 is 1.11 bits per heavy atom. The van der Waals surface area contributed by atoms with E-state index in [9.17, 15) is 9.59 Å². The molecular weight excluding hydrogens is 344 g/mol. The van der Waals surface area contributed by atoms with Gasteiger partial charge in [-0.05, 0) is 72.3 Å². The third-order valence-electron chi connectivity index (χ3n) is 4.64. The lowest BCUT2D eigenvalue weighted by Gasteiger charge is -2.14. The number of H-pyrrole nitrogens is 1. The maximum atomic E-state index is 12.5. The fourth-order valence-corrected chi connectivity index (χ4v) is 3.25. The number of nitrogens with one attached hydrogen (secondary N) is 2. The van der Waals surface area contributed by atoms with Crippen LogP contribution in [-0.2, 0) is 6.54 Å². The molecule has 0 atom stereocenters. The number of aromatic amines is 1. The van der Waals surface area contributed by atoms with E-state index in [4.69, 9.17) is 0 Å². The Morgan fingerprint density at radius 3 is 2.59 bits per heavy atom. The van der Waals surface area contributed by atoms with Gasteiger partial charge in [0, 0.05) is 17.8 Å². The van der Waals surface area contributed by atoms with E-state index in [1.54, 1.807) is 24.3 Å². The lowest BCUT2D eigenvalue weighted by atomic mass is 10.1. The molecule has 138 valence electrons. The molecule has 0 saturated carbocycles. The molecule has 8 nitrogen and oxygen atoms in total. The van der Waals surface area contributed by atoms with Crippen LogP contribution in [0.4, 0.5) is 5.69 Å². The van der Waals surface area contributed by atoms with Crippen molar-refractivity contribution in [1.82, 2.24) is 25.1 Å². The van der Waals surface area contributed by atoms with Crippen molar-refractivity contribution in [2.75, 3.05) is 18.4 Å². The van der Waals surface area contributed by atoms with Crippen molar-refractivity contribution >= 4 is 11.6 Å². The first kappa shape index (κ1) is 17.2. The summed E-state index contributed by atoms with van der Waals surface area (Å²) < 4.78 is 1.13. The first-order valence-electron chi connectivity index (χ1n) is 8.92. The SMILES string of the molecule is O=C(Nc1cccc(-n2nn[nH]c2=O)c1)c1ccc(CN2CCCC2)cc1. The predicted molar refractivity (Wildman–Crippen MR) is 101 cm³/mol. The van der Waals surface area contributed by atoms with Gasteiger partial charge in [-0.2, -0.15) is 4.68 Å². The number of hydrogen-bond acceptors (Lipinski definition) is 5. The van der Waals surface area contributed by atoms with Crippen LogP contribution < -0.4 is 11.0 Å². The highest BCUT2D eigenvalue weighted by Gasteiger charge is 2.12. The maximum Gasteiger partial charge on any atom is 0.365 e. The normalized spacial score (nSPS) is 14.4. The largest absolute Gasteiger partial charge is 0.365 e. The molecule has 0 bridgehead atoms. The van der Waals surface area contributed by atoms with Crippen molar-refractivity contribution in [1.29, 1.82) is 0 Å². The van der Waals surface area contributed by atoms with Crippen LogP contribution in [0.1, 0.15) is 28.8 Å². The summed E-state index contributed by atoms with van der Waals surface area (Å²) in [6.07, 6.45) is 2.53. The van der Waals surface area contributed by atoms with Crippen LogP contribution in [0.5, 0.6) is 0 Å². The topological polar surface area (TPSA) is 95.9 Å². The van der Waals surface area contributed by atoms with E-state index in [1.165, 1.54) is 18.4 Å². The van der Waals surface area contributed by atoms with Gasteiger partial charge in [0.05, 0.1) is 5.69 Å². The van der Waals surface area contributed by atoms with E-state index in [-0.39, 0.29) is 5.91 Å². The van der Waals surface area contributed by atoms with Crippen LogP contribution in [0.3, 0.4) is 0 Å². The minimum Gasteiger partial charge on any atom is -0.322 e. The van der Waals surface area contributed by atoms with Crippen molar-refractivity contribution in [3.05, 3.63) is 70.1 Å². The molecule has 0 radical (unpaired) electrons. The molecule has 8 heteroatoms. The molecule has 2 aromatic carbocycles. The zero-order valence-corrected chi connectivity index (χ0v) is 14.8. The second-order valence-corrected chi connectivity index (χ2v) is 6.60. The number of rotatable bonds is 5. The van der Waals surface area contributed by atoms with Crippen LogP contribution in [0.15, 0.2) is 53.3 Å². The second-order valence-electron chi connectivity index (χ2n) is 6.60. The Balaban J connectivity index is 1.44. The first-order chi connectivity index (χ1) is 13.2. The van der Waals surface area contributed by atoms with E-state index in [0.29, 0.717) is 16.9 Å². The molecule has 27 heavy (non-hydrogen) atoms. The van der Waals surface area contributed by atoms with Gasteiger partial charge in [-0.1, -0.05) is 18.2 Å². The number of amides is 1. The first-order valence-corrected chi connectivity index (χ1v) is 8.92. The molecule has 0 spiro atoms. The number of anilines is 1. The van der Waals surface area contributed by atoms with Crippen LogP contribution >= 0.6 is 0 Å². The molecule has 3 aromatic rings. The zero-order valence-electron chi connectivity index (χ0n) is 14.8. The highest BCUT2D eigenvalue weighted by Crippen LogP contribution is 2.16. The third-order valence-corrected chi connectivity index (χ3v) is 4.64. The van der Waals surface area contributed by atoms with Crippen molar-refractivity contribution in [2.24, 2.45) is 0 Å². The van der Waals surface area contributed by atoms with Gasteiger partial charge >= 0.3 is 5.69 Å². The van der Waals surface area contributed by atoms with Gasteiger partial charge < -0.3 is 5.32 Å². The van der Waals surface area contributed by atoms with Crippen LogP contribution in [0.2, 0.25) is 0 Å². The fraction of sp³-hybridized carbons (Fsp3) is 0.263. The molecule has 1 saturated heterocycles. The molecule has 0 aliphatic carbocycles. The van der Waals surface area contributed by atoms with Crippen molar-refractivity contribution in [3.8, 4) is 5.69 Å². The van der Waals surface area contributed by atoms with Crippen molar-refractivity contribution in [3.63, 3.8) is 0 Å². The zero-order chi connectivity index (χ0) is 18.6. The van der Waals surface area contributed by atoms with Gasteiger partial charge in [-0.15, -0.1) is 0 Å². The van der Waals surface area contributed by atoms with Gasteiger partial charge in [-0.25, -0.2) is 9.89 Å². The average Bonchev–Trinajstić information content (AvgIpc) is 3.34. The van der Waals surface area contributed by atoms with E-state index in [0.717, 1.165) is 24.3 Å². The van der Waals surface area contributed by atoms with E-state index < -0.39 is 5.69 Å². The summed E-state index contributed by atoms with van der Waals surface area (Å²) >= 11 is 0. The lowest BCUT2D eigenvalue weighted by Crippen LogP contribution is -2.18. The number of benzene rings is 2. The van der Waals surface area contributed by atoms with E-state index in [1.807, 2.05) is 24.3 Å². The van der Waals surface area contributed by atoms with Crippen LogP contribution in [0.25, 0.3) is 5.69 Å². The number of nitrogens with zero attached hydrogens (tertiary/aromatic N) is 4. The Kier molecular flexibility index (Phi) is 4.80. The Morgan fingerprint density at radius 2 is 1.89 bits per heavy atom. The van der Waals surface area contributed by atoms with Crippen LogP contribution in [-0.4, -0.2) is 44.1 Å². The Labute approximate surface area is 155 Å². The standard InChI is InChI=1S/C19H20N6O2/c26-18(15-8-6-14(7-9-15)13-24-10-1-2-11-24)20-16-4-3-5-17(12-16)25-19(27)21-22-23-25/h3-9,12H,1-2,10-11,13H2,(H,20,26)(H,21,23,27). The van der Waals surface area contributed by atoms with Crippen LogP contribution in [0, 0.1) is 0 Å². The minimum atomic E-state index is -0.438. The van der Waals surface area contributed by atoms with Gasteiger partial charge in [0.25, 0.3) is 5.91 Å². The van der Waals surface area contributed by atoms with Gasteiger partial charge in [-0.3, -0.25) is 9.69 Å². The summed E-state index contributed by atoms with van der Waals surface area (Å²) in [4.78, 5) is 26.6. The summed E-state index contributed by atoms with van der Waals surface area (Å²) in [6, 6.07) is 14.6. The molecule has 1 aromatic heterocycles. The summed E-state index contributed by atoms with van der Waals surface area (Å²) in [5.41, 5.74) is 2.46. The molecule has 1 fully saturated rings. The van der Waals surface area contributed by atoms with Crippen molar-refractivity contribution in [2.45, 2.75) is 19.4 Å². The predicted octanol–water partition coefficient (Wildman–Crippen LogP) is 1.80. The van der Waals surface area contributed by atoms with E-state index in [2.05, 4.69) is 25.7 Å². The highest BCUT2D eigenvalue weighted by molar-refractivity contribution is 6.04. The highest BCUT2D eigenvalue weighted by atomic mass is 16.2. The summed E-state index contributed by atoms with van der Waals surface area (Å²) in [5.74, 6) is -0.202. The smallest absolute Gasteiger partial charge is 0.322 e. The quantitative estimate of drug-likeness (QED) is 0.720. The minimum absolute atomic E-state index is 0.202. The second kappa shape index (κ2) is 7.55. The maximum absolute atomic E-state index is 12.5. The van der Waals surface area contributed by atoms with Gasteiger partial charge in [0.2, 0.25) is 0 Å². The number of tetrazole rings is 1. The molecule has 2 heterocycles. The third kappa shape index (κ3) is 3.95. The molecular formula is C19H20N6O2. The number of carbonyl (C=O) groups is 1. The van der Waals surface area contributed by atoms with Gasteiger partial charge in [0.15, 0.2) is 0 Å². The molecule has 1 aliphatic rings. The summed E-state index contributed by atoms with van der Waals surface area (Å²) in [6.45, 7) is 3.22. The monoisotopic (exact) mass is 364 g/mol. The number of carbonyl (C=O) groups excluding carboxylic acids is 1. The van der Waals surface area contributed by atoms with Crippen molar-refractivity contribution < 1.29 is 4.79 Å². The fourth-order valence-electron chi connectivity index (χ4n) is 3.25.